The van der Waals surface area contributed by atoms with Gasteiger partial charge in [-0.15, -0.1) is 0 Å². The maximum atomic E-state index is 12.7. The number of carbonyl (C=O) groups is 1. The Hall–Kier alpha value is -2.82. The molecular weight excluding hydrogens is 336 g/mol. The molecular formula is C22H26N4O. The number of carbonyl (C=O) groups excluding carboxylic acids is 1. The van der Waals surface area contributed by atoms with Crippen molar-refractivity contribution in [2.24, 2.45) is 7.05 Å². The number of aromatic nitrogens is 2. The third kappa shape index (κ3) is 3.54. The number of anilines is 1. The molecule has 2 N–H and O–H groups in total. The van der Waals surface area contributed by atoms with E-state index in [1.165, 1.54) is 5.52 Å². The highest BCUT2D eigenvalue weighted by molar-refractivity contribution is 5.95. The lowest BCUT2D eigenvalue weighted by molar-refractivity contribution is 0.0924. The van der Waals surface area contributed by atoms with Crippen molar-refractivity contribution in [1.29, 1.82) is 0 Å². The number of amides is 1. The topological polar surface area (TPSA) is 59.0 Å². The molecule has 3 aromatic rings. The summed E-state index contributed by atoms with van der Waals surface area (Å²) in [6, 6.07) is 16.1. The zero-order valence-corrected chi connectivity index (χ0v) is 15.9. The Labute approximate surface area is 159 Å². The van der Waals surface area contributed by atoms with Gasteiger partial charge in [0, 0.05) is 37.3 Å². The second kappa shape index (κ2) is 7.43. The zero-order chi connectivity index (χ0) is 18.8. The van der Waals surface area contributed by atoms with Gasteiger partial charge in [0.1, 0.15) is 5.82 Å². The first-order valence-corrected chi connectivity index (χ1v) is 9.65. The molecule has 2 aromatic carbocycles. The quantitative estimate of drug-likeness (QED) is 0.735. The van der Waals surface area contributed by atoms with Crippen molar-refractivity contribution in [3.63, 3.8) is 0 Å². The molecule has 1 aliphatic rings. The second-order valence-electron chi connectivity index (χ2n) is 7.38. The summed E-state index contributed by atoms with van der Waals surface area (Å²) in [7, 11) is 3.95. The molecule has 2 unspecified atom stereocenters. The summed E-state index contributed by atoms with van der Waals surface area (Å²) in [6.45, 7) is 0. The van der Waals surface area contributed by atoms with Crippen LogP contribution in [0.25, 0.3) is 11.0 Å². The molecule has 2 atom stereocenters. The van der Waals surface area contributed by atoms with E-state index in [0.717, 1.165) is 42.7 Å². The molecule has 5 heteroatoms. The summed E-state index contributed by atoms with van der Waals surface area (Å²) in [5.41, 5.74) is 3.86. The number of para-hydroxylation sites is 2. The van der Waals surface area contributed by atoms with E-state index in [4.69, 9.17) is 4.98 Å². The lowest BCUT2D eigenvalue weighted by Gasteiger charge is -2.29. The predicted octanol–water partition coefficient (Wildman–Crippen LogP) is 4.07. The molecule has 1 aliphatic carbocycles. The summed E-state index contributed by atoms with van der Waals surface area (Å²) in [5, 5.41) is 6.32. The van der Waals surface area contributed by atoms with Gasteiger partial charge >= 0.3 is 0 Å². The maximum Gasteiger partial charge on any atom is 0.251 e. The Balaban J connectivity index is 1.49. The molecule has 0 radical (unpaired) electrons. The van der Waals surface area contributed by atoms with Crippen LogP contribution in [0.1, 0.15) is 47.8 Å². The molecule has 0 spiro atoms. The van der Waals surface area contributed by atoms with Crippen LogP contribution in [0.2, 0.25) is 0 Å². The number of hydrogen-bond acceptors (Lipinski definition) is 3. The van der Waals surface area contributed by atoms with E-state index in [1.807, 2.05) is 37.4 Å². The maximum absolute atomic E-state index is 12.7. The van der Waals surface area contributed by atoms with E-state index in [0.29, 0.717) is 11.5 Å². The monoisotopic (exact) mass is 362 g/mol. The standard InChI is InChI=1S/C22H26N4O/c1-23-17-9-6-8-16(14-17)22(27)24-18-10-5-7-15(13-18)21-25-19-11-3-4-12-20(19)26(21)2/h3-4,6,8-9,11-12,14-15,18,23H,5,7,10,13H2,1-2H3,(H,24,27). The van der Waals surface area contributed by atoms with Gasteiger partial charge in [0.2, 0.25) is 0 Å². The van der Waals surface area contributed by atoms with Gasteiger partial charge in [-0.1, -0.05) is 24.6 Å². The fourth-order valence-electron chi connectivity index (χ4n) is 4.17. The van der Waals surface area contributed by atoms with Crippen molar-refractivity contribution in [3.8, 4) is 0 Å². The van der Waals surface area contributed by atoms with E-state index < -0.39 is 0 Å². The lowest BCUT2D eigenvalue weighted by atomic mass is 9.85. The minimum Gasteiger partial charge on any atom is -0.388 e. The lowest BCUT2D eigenvalue weighted by Crippen LogP contribution is -2.38. The number of imidazole rings is 1. The molecule has 0 saturated heterocycles. The van der Waals surface area contributed by atoms with Crippen molar-refractivity contribution >= 4 is 22.6 Å². The van der Waals surface area contributed by atoms with E-state index in [-0.39, 0.29) is 11.9 Å². The molecule has 27 heavy (non-hydrogen) atoms. The molecule has 1 aromatic heterocycles. The van der Waals surface area contributed by atoms with E-state index >= 15 is 0 Å². The number of aryl methyl sites for hydroxylation is 1. The summed E-state index contributed by atoms with van der Waals surface area (Å²) in [6.07, 6.45) is 4.20. The first kappa shape index (κ1) is 17.6. The Bertz CT molecular complexity index is 962. The van der Waals surface area contributed by atoms with Crippen molar-refractivity contribution in [1.82, 2.24) is 14.9 Å². The van der Waals surface area contributed by atoms with E-state index in [9.17, 15) is 4.79 Å². The zero-order valence-electron chi connectivity index (χ0n) is 15.9. The van der Waals surface area contributed by atoms with Crippen LogP contribution in [0.5, 0.6) is 0 Å². The van der Waals surface area contributed by atoms with Gasteiger partial charge in [-0.3, -0.25) is 4.79 Å². The number of fused-ring (bicyclic) bond motifs is 1. The van der Waals surface area contributed by atoms with Crippen LogP contribution in [0.15, 0.2) is 48.5 Å². The van der Waals surface area contributed by atoms with Gasteiger partial charge in [-0.05, 0) is 49.6 Å². The Morgan fingerprint density at radius 3 is 2.81 bits per heavy atom. The van der Waals surface area contributed by atoms with Gasteiger partial charge in [0.05, 0.1) is 11.0 Å². The van der Waals surface area contributed by atoms with Gasteiger partial charge in [-0.25, -0.2) is 4.98 Å². The molecule has 1 fully saturated rings. The van der Waals surface area contributed by atoms with Crippen LogP contribution in [0, 0.1) is 0 Å². The Morgan fingerprint density at radius 2 is 2.00 bits per heavy atom. The molecule has 0 aliphatic heterocycles. The molecule has 5 nitrogen and oxygen atoms in total. The summed E-state index contributed by atoms with van der Waals surface area (Å²) >= 11 is 0. The number of rotatable bonds is 4. The molecule has 140 valence electrons. The third-order valence-electron chi connectivity index (χ3n) is 5.61. The number of nitrogens with zero attached hydrogens (tertiary/aromatic N) is 2. The first-order chi connectivity index (χ1) is 13.2. The summed E-state index contributed by atoms with van der Waals surface area (Å²) in [4.78, 5) is 17.5. The molecule has 1 heterocycles. The summed E-state index contributed by atoms with van der Waals surface area (Å²) < 4.78 is 2.21. The van der Waals surface area contributed by atoms with E-state index in [2.05, 4.69) is 40.4 Å². The van der Waals surface area contributed by atoms with Gasteiger partial charge in [-0.2, -0.15) is 0 Å². The number of nitrogens with one attached hydrogen (secondary N) is 2. The average Bonchev–Trinajstić information content (AvgIpc) is 3.05. The Kier molecular flexibility index (Phi) is 4.84. The van der Waals surface area contributed by atoms with Gasteiger partial charge in [0.25, 0.3) is 5.91 Å². The number of benzene rings is 2. The highest BCUT2D eigenvalue weighted by Gasteiger charge is 2.28. The van der Waals surface area contributed by atoms with Crippen LogP contribution < -0.4 is 10.6 Å². The summed E-state index contributed by atoms with van der Waals surface area (Å²) in [5.74, 6) is 1.51. The molecule has 0 bridgehead atoms. The normalized spacial score (nSPS) is 19.8. The van der Waals surface area contributed by atoms with Gasteiger partial charge in [0.15, 0.2) is 0 Å². The number of hydrogen-bond donors (Lipinski definition) is 2. The fraction of sp³-hybridized carbons (Fsp3) is 0.364. The van der Waals surface area contributed by atoms with E-state index in [1.54, 1.807) is 0 Å². The van der Waals surface area contributed by atoms with Crippen LogP contribution in [0.3, 0.4) is 0 Å². The first-order valence-electron chi connectivity index (χ1n) is 9.65. The van der Waals surface area contributed by atoms with Crippen LogP contribution in [-0.2, 0) is 7.05 Å². The van der Waals surface area contributed by atoms with Crippen LogP contribution in [-0.4, -0.2) is 28.5 Å². The molecule has 1 saturated carbocycles. The highest BCUT2D eigenvalue weighted by atomic mass is 16.1. The minimum atomic E-state index is 0.00255. The smallest absolute Gasteiger partial charge is 0.251 e. The SMILES string of the molecule is CNc1cccc(C(=O)NC2CCCC(c3nc4ccccc4n3C)C2)c1. The largest absolute Gasteiger partial charge is 0.388 e. The minimum absolute atomic E-state index is 0.00255. The third-order valence-corrected chi connectivity index (χ3v) is 5.61. The van der Waals surface area contributed by atoms with Crippen molar-refractivity contribution in [3.05, 3.63) is 59.9 Å². The van der Waals surface area contributed by atoms with Crippen molar-refractivity contribution < 1.29 is 4.79 Å². The fourth-order valence-corrected chi connectivity index (χ4v) is 4.17. The Morgan fingerprint density at radius 1 is 1.15 bits per heavy atom. The van der Waals surface area contributed by atoms with Gasteiger partial charge < -0.3 is 15.2 Å². The van der Waals surface area contributed by atoms with Crippen molar-refractivity contribution in [2.75, 3.05) is 12.4 Å². The highest BCUT2D eigenvalue weighted by Crippen LogP contribution is 2.33. The van der Waals surface area contributed by atoms with Crippen LogP contribution >= 0.6 is 0 Å². The molecule has 1 amide bonds. The van der Waals surface area contributed by atoms with Crippen molar-refractivity contribution in [2.45, 2.75) is 37.6 Å². The molecule has 4 rings (SSSR count). The van der Waals surface area contributed by atoms with Crippen LogP contribution in [0.4, 0.5) is 5.69 Å². The average molecular weight is 362 g/mol. The second-order valence-corrected chi connectivity index (χ2v) is 7.38. The predicted molar refractivity (Wildman–Crippen MR) is 109 cm³/mol.